The number of amides is 1. The summed E-state index contributed by atoms with van der Waals surface area (Å²) in [6, 6.07) is 14.4. The van der Waals surface area contributed by atoms with Crippen molar-refractivity contribution in [2.45, 2.75) is 13.3 Å². The third kappa shape index (κ3) is 1.85. The van der Waals surface area contributed by atoms with Crippen molar-refractivity contribution in [2.24, 2.45) is 0 Å². The van der Waals surface area contributed by atoms with Crippen molar-refractivity contribution in [1.29, 1.82) is 0 Å². The Balaban J connectivity index is 2.02. The van der Waals surface area contributed by atoms with Crippen molar-refractivity contribution >= 4 is 16.8 Å². The molecule has 0 atom stereocenters. The molecule has 0 radical (unpaired) electrons. The zero-order valence-corrected chi connectivity index (χ0v) is 11.9. The lowest BCUT2D eigenvalue weighted by Gasteiger charge is -2.04. The number of aromatic nitrogens is 1. The van der Waals surface area contributed by atoms with Crippen LogP contribution in [0.15, 0.2) is 42.5 Å². The van der Waals surface area contributed by atoms with E-state index in [2.05, 4.69) is 41.5 Å². The molecule has 2 N–H and O–H groups in total. The van der Waals surface area contributed by atoms with Crippen molar-refractivity contribution in [3.05, 3.63) is 59.2 Å². The minimum atomic E-state index is 0.0220. The van der Waals surface area contributed by atoms with Crippen LogP contribution in [0.1, 0.15) is 21.5 Å². The van der Waals surface area contributed by atoms with Crippen LogP contribution in [0.3, 0.4) is 0 Å². The minimum Gasteiger partial charge on any atom is -0.354 e. The molecule has 3 heteroatoms. The van der Waals surface area contributed by atoms with Gasteiger partial charge in [-0.1, -0.05) is 35.9 Å². The zero-order chi connectivity index (χ0) is 14.4. The standard InChI is InChI=1S/C18H16N2O/c1-11-5-7-12(8-6-11)17-13-9-10-19-18(21)14-3-2-4-15(20-17)16(13)14/h2-8,20H,9-10H2,1H3,(H,19,21). The molecule has 0 aliphatic carbocycles. The Labute approximate surface area is 123 Å². The number of aryl methyl sites for hydroxylation is 1. The monoisotopic (exact) mass is 276 g/mol. The number of aromatic amines is 1. The highest BCUT2D eigenvalue weighted by Gasteiger charge is 2.21. The van der Waals surface area contributed by atoms with Gasteiger partial charge in [0.05, 0.1) is 0 Å². The molecule has 0 saturated heterocycles. The van der Waals surface area contributed by atoms with Gasteiger partial charge >= 0.3 is 0 Å². The summed E-state index contributed by atoms with van der Waals surface area (Å²) in [5.41, 5.74) is 6.60. The summed E-state index contributed by atoms with van der Waals surface area (Å²) >= 11 is 0. The van der Waals surface area contributed by atoms with Gasteiger partial charge in [-0.25, -0.2) is 0 Å². The Kier molecular flexibility index (Phi) is 2.61. The fourth-order valence-electron chi connectivity index (χ4n) is 3.12. The number of benzene rings is 2. The van der Waals surface area contributed by atoms with Gasteiger partial charge in [0.1, 0.15) is 0 Å². The third-order valence-corrected chi connectivity index (χ3v) is 4.17. The van der Waals surface area contributed by atoms with Crippen molar-refractivity contribution < 1.29 is 4.79 Å². The summed E-state index contributed by atoms with van der Waals surface area (Å²) in [4.78, 5) is 15.7. The molecule has 0 bridgehead atoms. The van der Waals surface area contributed by atoms with Gasteiger partial charge < -0.3 is 10.3 Å². The maximum atomic E-state index is 12.2. The molecule has 4 rings (SSSR count). The lowest BCUT2D eigenvalue weighted by atomic mass is 10.00. The van der Waals surface area contributed by atoms with Crippen LogP contribution in [0, 0.1) is 6.92 Å². The second-order valence-corrected chi connectivity index (χ2v) is 5.58. The van der Waals surface area contributed by atoms with Crippen molar-refractivity contribution in [3.8, 4) is 11.3 Å². The number of rotatable bonds is 1. The van der Waals surface area contributed by atoms with Gasteiger partial charge in [-0.2, -0.15) is 0 Å². The normalized spacial score (nSPS) is 14.0. The van der Waals surface area contributed by atoms with Gasteiger partial charge in [0.25, 0.3) is 5.91 Å². The van der Waals surface area contributed by atoms with Gasteiger partial charge in [-0.15, -0.1) is 0 Å². The Morgan fingerprint density at radius 1 is 1.05 bits per heavy atom. The van der Waals surface area contributed by atoms with Crippen LogP contribution < -0.4 is 5.32 Å². The summed E-state index contributed by atoms with van der Waals surface area (Å²) in [5.74, 6) is 0.0220. The molecule has 1 aromatic heterocycles. The molecule has 2 heterocycles. The number of hydrogen-bond donors (Lipinski definition) is 2. The first-order valence-corrected chi connectivity index (χ1v) is 7.23. The van der Waals surface area contributed by atoms with E-state index in [4.69, 9.17) is 0 Å². The minimum absolute atomic E-state index is 0.0220. The van der Waals surface area contributed by atoms with E-state index in [9.17, 15) is 4.79 Å². The van der Waals surface area contributed by atoms with E-state index in [1.165, 1.54) is 16.7 Å². The Morgan fingerprint density at radius 3 is 2.67 bits per heavy atom. The molecule has 3 aromatic rings. The van der Waals surface area contributed by atoms with Gasteiger partial charge in [0, 0.05) is 28.7 Å². The van der Waals surface area contributed by atoms with Crippen molar-refractivity contribution in [3.63, 3.8) is 0 Å². The molecule has 0 spiro atoms. The molecule has 21 heavy (non-hydrogen) atoms. The summed E-state index contributed by atoms with van der Waals surface area (Å²) in [5, 5.41) is 4.04. The molecule has 2 aromatic carbocycles. The lowest BCUT2D eigenvalue weighted by molar-refractivity contribution is 0.0957. The van der Waals surface area contributed by atoms with Crippen molar-refractivity contribution in [1.82, 2.24) is 10.3 Å². The van der Waals surface area contributed by atoms with Crippen LogP contribution in [0.4, 0.5) is 0 Å². The molecular formula is C18H16N2O. The Hall–Kier alpha value is -2.55. The number of carbonyl (C=O) groups is 1. The van der Waals surface area contributed by atoms with Crippen LogP contribution >= 0.6 is 0 Å². The second kappa shape index (κ2) is 4.48. The van der Waals surface area contributed by atoms with E-state index in [0.29, 0.717) is 6.54 Å². The first kappa shape index (κ1) is 12.2. The van der Waals surface area contributed by atoms with Crippen LogP contribution in [0.5, 0.6) is 0 Å². The number of H-pyrrole nitrogens is 1. The van der Waals surface area contributed by atoms with Gasteiger partial charge in [0.15, 0.2) is 0 Å². The second-order valence-electron chi connectivity index (χ2n) is 5.58. The first-order valence-electron chi connectivity index (χ1n) is 7.23. The summed E-state index contributed by atoms with van der Waals surface area (Å²) in [7, 11) is 0. The summed E-state index contributed by atoms with van der Waals surface area (Å²) < 4.78 is 0. The van der Waals surface area contributed by atoms with E-state index in [1.807, 2.05) is 18.2 Å². The molecule has 3 nitrogen and oxygen atoms in total. The predicted molar refractivity (Wildman–Crippen MR) is 84.5 cm³/mol. The molecule has 0 fully saturated rings. The molecule has 1 amide bonds. The highest BCUT2D eigenvalue weighted by Crippen LogP contribution is 2.34. The predicted octanol–water partition coefficient (Wildman–Crippen LogP) is 3.43. The largest absolute Gasteiger partial charge is 0.354 e. The van der Waals surface area contributed by atoms with E-state index >= 15 is 0 Å². The Bertz CT molecular complexity index is 844. The molecule has 1 aliphatic rings. The van der Waals surface area contributed by atoms with Crippen LogP contribution in [0.2, 0.25) is 0 Å². The maximum Gasteiger partial charge on any atom is 0.251 e. The molecule has 0 saturated carbocycles. The average Bonchev–Trinajstić information content (AvgIpc) is 2.77. The van der Waals surface area contributed by atoms with E-state index in [1.54, 1.807) is 0 Å². The Morgan fingerprint density at radius 2 is 1.86 bits per heavy atom. The highest BCUT2D eigenvalue weighted by molar-refractivity contribution is 6.10. The van der Waals surface area contributed by atoms with Gasteiger partial charge in [-0.3, -0.25) is 4.79 Å². The fourth-order valence-corrected chi connectivity index (χ4v) is 3.12. The molecule has 0 unspecified atom stereocenters. The van der Waals surface area contributed by atoms with Gasteiger partial charge in [0.2, 0.25) is 0 Å². The molecular weight excluding hydrogens is 260 g/mol. The van der Waals surface area contributed by atoms with Gasteiger partial charge in [-0.05, 0) is 36.6 Å². The van der Waals surface area contributed by atoms with E-state index < -0.39 is 0 Å². The summed E-state index contributed by atoms with van der Waals surface area (Å²) in [6.45, 7) is 2.77. The smallest absolute Gasteiger partial charge is 0.251 e. The molecule has 104 valence electrons. The zero-order valence-electron chi connectivity index (χ0n) is 11.9. The van der Waals surface area contributed by atoms with Crippen LogP contribution in [-0.2, 0) is 6.42 Å². The van der Waals surface area contributed by atoms with E-state index in [-0.39, 0.29) is 5.91 Å². The number of hydrogen-bond acceptors (Lipinski definition) is 1. The first-order chi connectivity index (χ1) is 10.2. The quantitative estimate of drug-likeness (QED) is 0.702. The molecule has 1 aliphatic heterocycles. The lowest BCUT2D eigenvalue weighted by Crippen LogP contribution is -2.23. The summed E-state index contributed by atoms with van der Waals surface area (Å²) in [6.07, 6.45) is 0.853. The fraction of sp³-hybridized carbons (Fsp3) is 0.167. The highest BCUT2D eigenvalue weighted by atomic mass is 16.1. The van der Waals surface area contributed by atoms with Crippen molar-refractivity contribution in [2.75, 3.05) is 6.54 Å². The number of carbonyl (C=O) groups excluding carboxylic acids is 1. The van der Waals surface area contributed by atoms with Crippen LogP contribution in [0.25, 0.3) is 22.2 Å². The maximum absolute atomic E-state index is 12.2. The number of nitrogens with one attached hydrogen (secondary N) is 2. The topological polar surface area (TPSA) is 44.9 Å². The van der Waals surface area contributed by atoms with Crippen LogP contribution in [-0.4, -0.2) is 17.4 Å². The third-order valence-electron chi connectivity index (χ3n) is 4.17. The van der Waals surface area contributed by atoms with E-state index in [0.717, 1.165) is 28.6 Å². The average molecular weight is 276 g/mol. The SMILES string of the molecule is Cc1ccc(-c2[nH]c3cccc4c3c2CCNC4=O)cc1.